The average Bonchev–Trinajstić information content (AvgIpc) is 3.36. The van der Waals surface area contributed by atoms with Gasteiger partial charge in [-0.25, -0.2) is 4.98 Å². The third kappa shape index (κ3) is 3.31. The van der Waals surface area contributed by atoms with Gasteiger partial charge in [-0.2, -0.15) is 5.10 Å². The summed E-state index contributed by atoms with van der Waals surface area (Å²) in [5.41, 5.74) is 3.49. The maximum absolute atomic E-state index is 13.0. The number of rotatable bonds is 4. The second-order valence-corrected chi connectivity index (χ2v) is 8.02. The van der Waals surface area contributed by atoms with Crippen molar-refractivity contribution in [3.8, 4) is 11.3 Å². The zero-order valence-corrected chi connectivity index (χ0v) is 16.7. The van der Waals surface area contributed by atoms with E-state index < -0.39 is 5.92 Å². The number of nitrogens with one attached hydrogen (secondary N) is 1. The van der Waals surface area contributed by atoms with Crippen molar-refractivity contribution in [1.82, 2.24) is 19.7 Å². The quantitative estimate of drug-likeness (QED) is 0.736. The number of likely N-dealkylation sites (tertiary alicyclic amines) is 1. The van der Waals surface area contributed by atoms with Gasteiger partial charge in [0.2, 0.25) is 11.8 Å². The number of nitrogens with zero attached hydrogens (tertiary/aromatic N) is 4. The molecule has 0 aliphatic carbocycles. The Morgan fingerprint density at radius 2 is 1.96 bits per heavy atom. The minimum absolute atomic E-state index is 0.0411. The zero-order valence-electron chi connectivity index (χ0n) is 15.9. The van der Waals surface area contributed by atoms with Crippen molar-refractivity contribution < 1.29 is 9.59 Å². The van der Waals surface area contributed by atoms with Gasteiger partial charge in [-0.1, -0.05) is 12.1 Å². The lowest BCUT2D eigenvalue weighted by Crippen LogP contribution is -2.31. The number of aryl methyl sites for hydroxylation is 2. The fourth-order valence-electron chi connectivity index (χ4n) is 3.64. The van der Waals surface area contributed by atoms with Crippen LogP contribution in [0.15, 0.2) is 41.9 Å². The maximum Gasteiger partial charge on any atom is 0.230 e. The number of anilines is 1. The molecule has 1 aliphatic heterocycles. The van der Waals surface area contributed by atoms with E-state index in [2.05, 4.69) is 15.4 Å². The summed E-state index contributed by atoms with van der Waals surface area (Å²) in [5, 5.41) is 10.2. The van der Waals surface area contributed by atoms with Crippen LogP contribution >= 0.6 is 11.3 Å². The summed E-state index contributed by atoms with van der Waals surface area (Å²) in [7, 11) is 3.55. The summed E-state index contributed by atoms with van der Waals surface area (Å²) in [6.07, 6.45) is 1.87. The molecule has 0 radical (unpaired) electrons. The number of hydrogen-bond donors (Lipinski definition) is 1. The second kappa shape index (κ2) is 7.20. The third-order valence-electron chi connectivity index (χ3n) is 5.15. The van der Waals surface area contributed by atoms with Crippen LogP contribution in [0, 0.1) is 12.8 Å². The molecule has 1 aliphatic rings. The minimum Gasteiger partial charge on any atom is -0.336 e. The Balaban J connectivity index is 1.52. The molecule has 1 N–H and O–H groups in total. The molecular formula is C20H21N5O2S. The number of aromatic nitrogens is 3. The van der Waals surface area contributed by atoms with Crippen LogP contribution in [-0.2, 0) is 16.6 Å². The van der Waals surface area contributed by atoms with E-state index in [1.54, 1.807) is 34.2 Å². The van der Waals surface area contributed by atoms with Crippen molar-refractivity contribution in [3.05, 3.63) is 52.6 Å². The topological polar surface area (TPSA) is 80.1 Å². The Morgan fingerprint density at radius 1 is 1.21 bits per heavy atom. The number of benzene rings is 1. The first-order valence-electron chi connectivity index (χ1n) is 9.01. The molecule has 2 aromatic heterocycles. The van der Waals surface area contributed by atoms with Gasteiger partial charge in [-0.3, -0.25) is 14.3 Å². The van der Waals surface area contributed by atoms with Crippen LogP contribution in [0.5, 0.6) is 0 Å². The third-order valence-corrected chi connectivity index (χ3v) is 5.93. The fraction of sp³-hybridized carbons (Fsp3) is 0.300. The van der Waals surface area contributed by atoms with Gasteiger partial charge in [0.15, 0.2) is 0 Å². The Kier molecular flexibility index (Phi) is 4.72. The van der Waals surface area contributed by atoms with Gasteiger partial charge in [0.25, 0.3) is 0 Å². The highest BCUT2D eigenvalue weighted by atomic mass is 32.1. The van der Waals surface area contributed by atoms with E-state index in [0.29, 0.717) is 5.69 Å². The largest absolute Gasteiger partial charge is 0.336 e. The van der Waals surface area contributed by atoms with E-state index in [-0.39, 0.29) is 24.3 Å². The highest BCUT2D eigenvalue weighted by Gasteiger charge is 2.43. The van der Waals surface area contributed by atoms with E-state index in [9.17, 15) is 9.59 Å². The van der Waals surface area contributed by atoms with E-state index in [1.807, 2.05) is 49.7 Å². The normalized spacial score (nSPS) is 19.2. The Labute approximate surface area is 167 Å². The molecule has 144 valence electrons. The molecule has 28 heavy (non-hydrogen) atoms. The monoisotopic (exact) mass is 395 g/mol. The molecule has 2 amide bonds. The fourth-order valence-corrected chi connectivity index (χ4v) is 4.26. The second-order valence-electron chi connectivity index (χ2n) is 6.96. The summed E-state index contributed by atoms with van der Waals surface area (Å²) in [5.74, 6) is -0.671. The van der Waals surface area contributed by atoms with Crippen LogP contribution in [0.2, 0.25) is 0 Å². The number of thiazole rings is 1. The van der Waals surface area contributed by atoms with E-state index in [4.69, 9.17) is 0 Å². The predicted octanol–water partition coefficient (Wildman–Crippen LogP) is 3.01. The SMILES string of the molecule is Cc1nc(-c2ccc(NC(=O)C3CC(=O)N(C)C3c3ccnn3C)cc2)cs1. The van der Waals surface area contributed by atoms with Gasteiger partial charge in [-0.05, 0) is 25.1 Å². The number of carbonyl (C=O) groups is 2. The Hall–Kier alpha value is -3.00. The van der Waals surface area contributed by atoms with Crippen molar-refractivity contribution in [2.24, 2.45) is 13.0 Å². The number of amides is 2. The van der Waals surface area contributed by atoms with E-state index in [0.717, 1.165) is 22.0 Å². The molecule has 1 aromatic carbocycles. The Morgan fingerprint density at radius 3 is 2.57 bits per heavy atom. The van der Waals surface area contributed by atoms with Crippen LogP contribution in [-0.4, -0.2) is 38.5 Å². The maximum atomic E-state index is 13.0. The molecule has 2 unspecified atom stereocenters. The van der Waals surface area contributed by atoms with Crippen LogP contribution in [0.3, 0.4) is 0 Å². The molecule has 1 saturated heterocycles. The van der Waals surface area contributed by atoms with Gasteiger partial charge in [0.05, 0.1) is 28.4 Å². The molecule has 0 saturated carbocycles. The van der Waals surface area contributed by atoms with Crippen molar-refractivity contribution in [1.29, 1.82) is 0 Å². The van der Waals surface area contributed by atoms with Gasteiger partial charge in [0.1, 0.15) is 0 Å². The van der Waals surface area contributed by atoms with Crippen LogP contribution < -0.4 is 5.32 Å². The number of hydrogen-bond acceptors (Lipinski definition) is 5. The molecule has 7 nitrogen and oxygen atoms in total. The first-order valence-corrected chi connectivity index (χ1v) is 9.89. The van der Waals surface area contributed by atoms with Gasteiger partial charge >= 0.3 is 0 Å². The minimum atomic E-state index is -0.464. The molecule has 1 fully saturated rings. The van der Waals surface area contributed by atoms with Crippen molar-refractivity contribution in [2.75, 3.05) is 12.4 Å². The van der Waals surface area contributed by atoms with Crippen LogP contribution in [0.1, 0.15) is 23.2 Å². The molecule has 4 rings (SSSR count). The molecule has 3 heterocycles. The summed E-state index contributed by atoms with van der Waals surface area (Å²) < 4.78 is 1.71. The first-order chi connectivity index (χ1) is 13.4. The molecule has 8 heteroatoms. The lowest BCUT2D eigenvalue weighted by Gasteiger charge is -2.24. The van der Waals surface area contributed by atoms with Crippen molar-refractivity contribution in [3.63, 3.8) is 0 Å². The van der Waals surface area contributed by atoms with Crippen molar-refractivity contribution >= 4 is 28.8 Å². The van der Waals surface area contributed by atoms with E-state index in [1.165, 1.54) is 0 Å². The average molecular weight is 395 g/mol. The smallest absolute Gasteiger partial charge is 0.230 e. The molecule has 0 spiro atoms. The lowest BCUT2D eigenvalue weighted by atomic mass is 9.96. The molecular weight excluding hydrogens is 374 g/mol. The molecule has 2 atom stereocenters. The molecule has 3 aromatic rings. The zero-order chi connectivity index (χ0) is 19.8. The van der Waals surface area contributed by atoms with Gasteiger partial charge in [-0.15, -0.1) is 11.3 Å². The van der Waals surface area contributed by atoms with Gasteiger partial charge < -0.3 is 10.2 Å². The Bertz CT molecular complexity index is 1020. The summed E-state index contributed by atoms with van der Waals surface area (Å²) in [6.45, 7) is 1.97. The van der Waals surface area contributed by atoms with Crippen LogP contribution in [0.25, 0.3) is 11.3 Å². The summed E-state index contributed by atoms with van der Waals surface area (Å²) in [6, 6.07) is 9.13. The molecule has 0 bridgehead atoms. The standard InChI is InChI=1S/C20H21N5O2S/c1-12-22-16(11-28-12)13-4-6-14(7-5-13)23-20(27)15-10-18(26)24(2)19(15)17-8-9-21-25(17)3/h4-9,11,15,19H,10H2,1-3H3,(H,23,27). The lowest BCUT2D eigenvalue weighted by molar-refractivity contribution is -0.128. The predicted molar refractivity (Wildman–Crippen MR) is 108 cm³/mol. The number of carbonyl (C=O) groups excluding carboxylic acids is 2. The first kappa shape index (κ1) is 18.4. The summed E-state index contributed by atoms with van der Waals surface area (Å²) in [4.78, 5) is 31.3. The van der Waals surface area contributed by atoms with Gasteiger partial charge in [0, 0.05) is 43.3 Å². The van der Waals surface area contributed by atoms with Crippen LogP contribution in [0.4, 0.5) is 5.69 Å². The van der Waals surface area contributed by atoms with Crippen molar-refractivity contribution in [2.45, 2.75) is 19.4 Å². The highest BCUT2D eigenvalue weighted by molar-refractivity contribution is 7.09. The van der Waals surface area contributed by atoms with E-state index >= 15 is 0 Å². The summed E-state index contributed by atoms with van der Waals surface area (Å²) >= 11 is 1.61. The highest BCUT2D eigenvalue weighted by Crippen LogP contribution is 2.37.